The first-order valence-corrected chi connectivity index (χ1v) is 2.83. The van der Waals surface area contributed by atoms with E-state index in [2.05, 4.69) is 0 Å². The first kappa shape index (κ1) is 16.8. The number of rotatable bonds is 0. The van der Waals surface area contributed by atoms with Crippen LogP contribution in [-0.2, 0) is 0 Å². The van der Waals surface area contributed by atoms with Gasteiger partial charge in [0, 0.05) is 57.7 Å². The zero-order valence-electron chi connectivity index (χ0n) is 6.76. The van der Waals surface area contributed by atoms with Crippen molar-refractivity contribution in [2.24, 2.45) is 0 Å². The molecule has 0 fully saturated rings. The van der Waals surface area contributed by atoms with Crippen LogP contribution in [0.3, 0.4) is 0 Å². The molecule has 0 saturated carbocycles. The van der Waals surface area contributed by atoms with Gasteiger partial charge in [0.15, 0.2) is 0 Å². The van der Waals surface area contributed by atoms with Gasteiger partial charge in [-0.15, -0.1) is 0 Å². The van der Waals surface area contributed by atoms with Crippen LogP contribution in [0.4, 0.5) is 0 Å². The Labute approximate surface area is 94.5 Å². The monoisotopic (exact) mass is 208 g/mol. The van der Waals surface area contributed by atoms with Crippen LogP contribution in [0.25, 0.3) is 0 Å². The third kappa shape index (κ3) is 262. The van der Waals surface area contributed by atoms with Crippen LogP contribution >= 0.6 is 0 Å². The first-order chi connectivity index (χ1) is 3.46. The molecule has 0 spiro atoms. The summed E-state index contributed by atoms with van der Waals surface area (Å²) in [5.41, 5.74) is 0. The van der Waals surface area contributed by atoms with E-state index >= 15 is 0 Å². The van der Waals surface area contributed by atoms with Gasteiger partial charge in [0.25, 0.3) is 0 Å². The second kappa shape index (κ2) is 12.1. The summed E-state index contributed by atoms with van der Waals surface area (Å²) in [4.78, 5) is 0. The van der Waals surface area contributed by atoms with E-state index < -0.39 is 0 Å². The van der Waals surface area contributed by atoms with Gasteiger partial charge < -0.3 is 10.2 Å². The number of hydrogen-bond acceptors (Lipinski definition) is 2. The van der Waals surface area contributed by atoms with Crippen LogP contribution in [0.15, 0.2) is 0 Å². The summed E-state index contributed by atoms with van der Waals surface area (Å²) in [5, 5.41) is 16.1. The van der Waals surface area contributed by atoms with Gasteiger partial charge >= 0.3 is 0 Å². The molecule has 0 aliphatic heterocycles. The molecule has 0 rings (SSSR count). The molecule has 0 atom stereocenters. The molecule has 0 saturated heterocycles. The van der Waals surface area contributed by atoms with E-state index in [1.807, 2.05) is 0 Å². The van der Waals surface area contributed by atoms with Gasteiger partial charge in [-0.3, -0.25) is 0 Å². The van der Waals surface area contributed by atoms with Crippen molar-refractivity contribution >= 4 is 45.5 Å². The molecular weight excluding hydrogens is 192 g/mol. The molecule has 0 aliphatic rings. The zero-order valence-corrected chi connectivity index (χ0v) is 10.2. The van der Waals surface area contributed by atoms with E-state index in [0.717, 1.165) is 0 Å². The average molecular weight is 208 g/mol. The molecule has 0 heterocycles. The quantitative estimate of drug-likeness (QED) is 0.565. The van der Waals surface area contributed by atoms with Crippen molar-refractivity contribution in [3.05, 3.63) is 0 Å². The van der Waals surface area contributed by atoms with Crippen LogP contribution < -0.4 is 0 Å². The molecule has 2 N–H and O–H groups in total. The molecule has 0 aromatic rings. The minimum atomic E-state index is -0.167. The molecule has 54 valence electrons. The summed E-state index contributed by atoms with van der Waals surface area (Å²) in [6.45, 7) is 6.89. The predicted octanol–water partition coefficient (Wildman–Crippen LogP) is 0.393. The topological polar surface area (TPSA) is 40.5 Å². The maximum atomic E-state index is 8.06. The Morgan fingerprint density at radius 2 is 0.778 bits per heavy atom. The molecule has 0 aromatic carbocycles. The molecule has 0 aliphatic carbocycles. The smallest absolute Gasteiger partial charge is 0.0483 e. The molecule has 9 heavy (non-hydrogen) atoms. The van der Waals surface area contributed by atoms with E-state index in [1.165, 1.54) is 0 Å². The van der Waals surface area contributed by atoms with E-state index in [9.17, 15) is 0 Å². The van der Waals surface area contributed by atoms with Crippen molar-refractivity contribution in [1.82, 2.24) is 0 Å². The fraction of sp³-hybridized carbons (Fsp3) is 1.00. The maximum absolute atomic E-state index is 8.06. The second-order valence-electron chi connectivity index (χ2n) is 2.19. The standard InChI is InChI=1S/2C3H8O.Sr/c2*1-3(2)4;/h2*3-4H,1-2H3;. The van der Waals surface area contributed by atoms with Crippen molar-refractivity contribution in [3.8, 4) is 0 Å². The summed E-state index contributed by atoms with van der Waals surface area (Å²) in [7, 11) is 0. The molecular formula is C6H16O2Sr. The van der Waals surface area contributed by atoms with Crippen molar-refractivity contribution in [2.45, 2.75) is 39.9 Å². The van der Waals surface area contributed by atoms with Crippen LogP contribution in [0.1, 0.15) is 27.7 Å². The van der Waals surface area contributed by atoms with E-state index in [0.29, 0.717) is 0 Å². The minimum absolute atomic E-state index is 0. The maximum Gasteiger partial charge on any atom is 0.0483 e. The zero-order chi connectivity index (χ0) is 7.15. The summed E-state index contributed by atoms with van der Waals surface area (Å²) in [5.74, 6) is 0. The average Bonchev–Trinajstić information content (AvgIpc) is 1.25. The molecule has 3 heteroatoms. The van der Waals surface area contributed by atoms with Gasteiger partial charge in [0.1, 0.15) is 0 Å². The van der Waals surface area contributed by atoms with Crippen LogP contribution in [0.5, 0.6) is 0 Å². The first-order valence-electron chi connectivity index (χ1n) is 2.83. The third-order valence-corrected chi connectivity index (χ3v) is 0. The van der Waals surface area contributed by atoms with Gasteiger partial charge in [0.2, 0.25) is 0 Å². The Morgan fingerprint density at radius 1 is 0.778 bits per heavy atom. The Balaban J connectivity index is -0.0000000720. The second-order valence-corrected chi connectivity index (χ2v) is 2.19. The van der Waals surface area contributed by atoms with Crippen LogP contribution in [0, 0.1) is 0 Å². The van der Waals surface area contributed by atoms with E-state index in [-0.39, 0.29) is 57.7 Å². The Morgan fingerprint density at radius 3 is 0.778 bits per heavy atom. The van der Waals surface area contributed by atoms with Crippen molar-refractivity contribution in [1.29, 1.82) is 0 Å². The summed E-state index contributed by atoms with van der Waals surface area (Å²) >= 11 is 0. The van der Waals surface area contributed by atoms with Crippen LogP contribution in [-0.4, -0.2) is 67.9 Å². The third-order valence-electron chi connectivity index (χ3n) is 0. The Kier molecular flexibility index (Phi) is 22.6. The van der Waals surface area contributed by atoms with Gasteiger partial charge in [-0.2, -0.15) is 0 Å². The van der Waals surface area contributed by atoms with Gasteiger partial charge in [-0.05, 0) is 27.7 Å². The molecule has 0 aromatic heterocycles. The fourth-order valence-corrected chi connectivity index (χ4v) is 0. The van der Waals surface area contributed by atoms with Crippen LogP contribution in [0.2, 0.25) is 0 Å². The Hall–Kier alpha value is 1.40. The minimum Gasteiger partial charge on any atom is -0.394 e. The molecule has 0 unspecified atom stereocenters. The fourth-order valence-electron chi connectivity index (χ4n) is 0. The van der Waals surface area contributed by atoms with Gasteiger partial charge in [0.05, 0.1) is 0 Å². The molecule has 2 radical (unpaired) electrons. The summed E-state index contributed by atoms with van der Waals surface area (Å²) < 4.78 is 0. The number of aliphatic hydroxyl groups is 2. The number of aliphatic hydroxyl groups excluding tert-OH is 2. The Bertz CT molecular complexity index is 26.5. The van der Waals surface area contributed by atoms with E-state index in [1.54, 1.807) is 27.7 Å². The predicted molar refractivity (Wildman–Crippen MR) is 40.5 cm³/mol. The summed E-state index contributed by atoms with van der Waals surface area (Å²) in [6, 6.07) is 0. The molecule has 0 bridgehead atoms. The largest absolute Gasteiger partial charge is 0.394 e. The SMILES string of the molecule is CC(C)O.CC(C)O.[Sr]. The van der Waals surface area contributed by atoms with Crippen molar-refractivity contribution in [2.75, 3.05) is 0 Å². The van der Waals surface area contributed by atoms with Crippen molar-refractivity contribution in [3.63, 3.8) is 0 Å². The molecule has 2 nitrogen and oxygen atoms in total. The number of hydrogen-bond donors (Lipinski definition) is 2. The normalized spacial score (nSPS) is 8.00. The molecule has 0 amide bonds. The van der Waals surface area contributed by atoms with Gasteiger partial charge in [-0.25, -0.2) is 0 Å². The van der Waals surface area contributed by atoms with E-state index in [4.69, 9.17) is 10.2 Å². The van der Waals surface area contributed by atoms with Crippen molar-refractivity contribution < 1.29 is 10.2 Å². The van der Waals surface area contributed by atoms with Gasteiger partial charge in [-0.1, -0.05) is 0 Å². The summed E-state index contributed by atoms with van der Waals surface area (Å²) in [6.07, 6.45) is -0.333.